The van der Waals surface area contributed by atoms with Crippen molar-refractivity contribution in [2.24, 2.45) is 0 Å². The van der Waals surface area contributed by atoms with Crippen molar-refractivity contribution in [3.8, 4) is 11.8 Å². The van der Waals surface area contributed by atoms with Crippen molar-refractivity contribution >= 4 is 27.3 Å². The Morgan fingerprint density at radius 3 is 2.68 bits per heavy atom. The summed E-state index contributed by atoms with van der Waals surface area (Å²) in [5.41, 5.74) is 1.95. The fourth-order valence-electron chi connectivity index (χ4n) is 1.63. The minimum atomic E-state index is -0.417. The summed E-state index contributed by atoms with van der Waals surface area (Å²) in [6.45, 7) is 0. The number of rotatable bonds is 3. The summed E-state index contributed by atoms with van der Waals surface area (Å²) in [5, 5.41) is 12.0. The maximum absolute atomic E-state index is 13.3. The number of ether oxygens (including phenoxy) is 1. The van der Waals surface area contributed by atoms with Gasteiger partial charge in [0.05, 0.1) is 18.7 Å². The molecule has 2 aromatic rings. The van der Waals surface area contributed by atoms with Crippen LogP contribution in [0.25, 0.3) is 0 Å². The first kappa shape index (κ1) is 13.4. The molecule has 2 rings (SSSR count). The van der Waals surface area contributed by atoms with Crippen LogP contribution in [0.15, 0.2) is 40.9 Å². The highest BCUT2D eigenvalue weighted by atomic mass is 79.9. The number of anilines is 2. The quantitative estimate of drug-likeness (QED) is 0.921. The predicted octanol–water partition coefficient (Wildman–Crippen LogP) is 4.21. The van der Waals surface area contributed by atoms with Crippen LogP contribution < -0.4 is 10.1 Å². The number of nitrogens with one attached hydrogen (secondary N) is 1. The lowest BCUT2D eigenvalue weighted by atomic mass is 10.2. The molecule has 0 heterocycles. The normalized spacial score (nSPS) is 9.79. The summed E-state index contributed by atoms with van der Waals surface area (Å²) in [7, 11) is 1.41. The van der Waals surface area contributed by atoms with Crippen LogP contribution in [-0.4, -0.2) is 7.11 Å². The highest BCUT2D eigenvalue weighted by Gasteiger charge is 2.05. The first-order valence-corrected chi connectivity index (χ1v) is 6.23. The van der Waals surface area contributed by atoms with Crippen molar-refractivity contribution in [2.45, 2.75) is 0 Å². The molecule has 0 atom stereocenters. The van der Waals surface area contributed by atoms with Gasteiger partial charge in [0, 0.05) is 21.9 Å². The highest BCUT2D eigenvalue weighted by molar-refractivity contribution is 9.10. The van der Waals surface area contributed by atoms with E-state index in [4.69, 9.17) is 10.00 Å². The number of hydrogen-bond acceptors (Lipinski definition) is 3. The van der Waals surface area contributed by atoms with Gasteiger partial charge >= 0.3 is 0 Å². The van der Waals surface area contributed by atoms with E-state index in [1.54, 1.807) is 24.3 Å². The Labute approximate surface area is 118 Å². The smallest absolute Gasteiger partial charge is 0.165 e. The largest absolute Gasteiger partial charge is 0.494 e. The van der Waals surface area contributed by atoms with Gasteiger partial charge in [-0.2, -0.15) is 5.26 Å². The van der Waals surface area contributed by atoms with E-state index in [9.17, 15) is 4.39 Å². The molecule has 0 fully saturated rings. The first-order valence-electron chi connectivity index (χ1n) is 5.43. The monoisotopic (exact) mass is 320 g/mol. The predicted molar refractivity (Wildman–Crippen MR) is 75.1 cm³/mol. The van der Waals surface area contributed by atoms with E-state index in [0.29, 0.717) is 11.3 Å². The molecule has 0 spiro atoms. The summed E-state index contributed by atoms with van der Waals surface area (Å²) >= 11 is 3.33. The molecule has 5 heteroatoms. The summed E-state index contributed by atoms with van der Waals surface area (Å²) in [6, 6.07) is 11.8. The van der Waals surface area contributed by atoms with E-state index < -0.39 is 5.82 Å². The highest BCUT2D eigenvalue weighted by Crippen LogP contribution is 2.26. The van der Waals surface area contributed by atoms with Crippen LogP contribution in [0.5, 0.6) is 5.75 Å². The van der Waals surface area contributed by atoms with Crippen molar-refractivity contribution < 1.29 is 9.13 Å². The molecular formula is C14H10BrFN2O. The molecule has 1 N–H and O–H groups in total. The second-order valence-corrected chi connectivity index (χ2v) is 4.73. The van der Waals surface area contributed by atoms with E-state index in [1.807, 2.05) is 6.07 Å². The van der Waals surface area contributed by atoms with Crippen LogP contribution in [0.2, 0.25) is 0 Å². The summed E-state index contributed by atoms with van der Waals surface area (Å²) in [5.74, 6) is -0.250. The maximum Gasteiger partial charge on any atom is 0.165 e. The summed E-state index contributed by atoms with van der Waals surface area (Å²) in [4.78, 5) is 0. The molecule has 0 aliphatic heterocycles. The molecule has 0 aromatic heterocycles. The number of nitrogens with zero attached hydrogens (tertiary/aromatic N) is 1. The second-order valence-electron chi connectivity index (χ2n) is 3.81. The van der Waals surface area contributed by atoms with Gasteiger partial charge in [0.2, 0.25) is 0 Å². The number of halogens is 2. The van der Waals surface area contributed by atoms with Crippen LogP contribution in [0.3, 0.4) is 0 Å². The zero-order valence-corrected chi connectivity index (χ0v) is 11.7. The molecule has 0 saturated carbocycles. The molecular weight excluding hydrogens is 311 g/mol. The van der Waals surface area contributed by atoms with Gasteiger partial charge in [0.15, 0.2) is 11.6 Å². The average molecular weight is 321 g/mol. The van der Waals surface area contributed by atoms with Crippen LogP contribution in [0.4, 0.5) is 15.8 Å². The second kappa shape index (κ2) is 5.72. The van der Waals surface area contributed by atoms with Crippen LogP contribution in [-0.2, 0) is 0 Å². The third kappa shape index (κ3) is 3.24. The minimum Gasteiger partial charge on any atom is -0.494 e. The van der Waals surface area contributed by atoms with Gasteiger partial charge in [-0.1, -0.05) is 15.9 Å². The Bertz CT molecular complexity index is 652. The van der Waals surface area contributed by atoms with E-state index >= 15 is 0 Å². The molecule has 0 aliphatic carbocycles. The van der Waals surface area contributed by atoms with Crippen molar-refractivity contribution in [1.29, 1.82) is 5.26 Å². The van der Waals surface area contributed by atoms with Crippen LogP contribution in [0.1, 0.15) is 5.56 Å². The SMILES string of the molecule is COc1cc(Nc2cc(Br)cc(C#N)c2)ccc1F. The van der Waals surface area contributed by atoms with Crippen LogP contribution in [0, 0.1) is 17.1 Å². The van der Waals surface area contributed by atoms with Gasteiger partial charge in [-0.15, -0.1) is 0 Å². The van der Waals surface area contributed by atoms with Gasteiger partial charge in [-0.25, -0.2) is 4.39 Å². The van der Waals surface area contributed by atoms with Gasteiger partial charge < -0.3 is 10.1 Å². The average Bonchev–Trinajstić information content (AvgIpc) is 2.40. The maximum atomic E-state index is 13.3. The fourth-order valence-corrected chi connectivity index (χ4v) is 2.12. The molecule has 0 aliphatic rings. The molecule has 3 nitrogen and oxygen atoms in total. The summed E-state index contributed by atoms with van der Waals surface area (Å²) in [6.07, 6.45) is 0. The Kier molecular flexibility index (Phi) is 4.03. The molecule has 0 amide bonds. The number of nitriles is 1. The lowest BCUT2D eigenvalue weighted by molar-refractivity contribution is 0.387. The van der Waals surface area contributed by atoms with E-state index in [1.165, 1.54) is 13.2 Å². The van der Waals surface area contributed by atoms with Crippen molar-refractivity contribution in [2.75, 3.05) is 12.4 Å². The van der Waals surface area contributed by atoms with Crippen molar-refractivity contribution in [3.05, 3.63) is 52.3 Å². The van der Waals surface area contributed by atoms with E-state index in [-0.39, 0.29) is 5.75 Å². The molecule has 96 valence electrons. The molecule has 0 bridgehead atoms. The fraction of sp³-hybridized carbons (Fsp3) is 0.0714. The first-order chi connectivity index (χ1) is 9.12. The van der Waals surface area contributed by atoms with Crippen molar-refractivity contribution in [1.82, 2.24) is 0 Å². The molecule has 19 heavy (non-hydrogen) atoms. The van der Waals surface area contributed by atoms with Gasteiger partial charge in [0.1, 0.15) is 0 Å². The number of hydrogen-bond donors (Lipinski definition) is 1. The van der Waals surface area contributed by atoms with Gasteiger partial charge in [0.25, 0.3) is 0 Å². The number of benzene rings is 2. The summed E-state index contributed by atoms with van der Waals surface area (Å²) < 4.78 is 19.0. The molecule has 0 unspecified atom stereocenters. The van der Waals surface area contributed by atoms with E-state index in [0.717, 1.165) is 10.2 Å². The third-order valence-corrected chi connectivity index (χ3v) is 2.92. The van der Waals surface area contributed by atoms with Gasteiger partial charge in [-0.05, 0) is 30.3 Å². The standard InChI is InChI=1S/C14H10BrFN2O/c1-19-14-7-11(2-3-13(14)16)18-12-5-9(8-17)4-10(15)6-12/h2-7,18H,1H3. The molecule has 0 saturated heterocycles. The molecule has 2 aromatic carbocycles. The molecule has 0 radical (unpaired) electrons. The van der Waals surface area contributed by atoms with E-state index in [2.05, 4.69) is 27.3 Å². The topological polar surface area (TPSA) is 45.0 Å². The Morgan fingerprint density at radius 2 is 2.00 bits per heavy atom. The number of methoxy groups -OCH3 is 1. The minimum absolute atomic E-state index is 0.167. The zero-order chi connectivity index (χ0) is 13.8. The lowest BCUT2D eigenvalue weighted by Gasteiger charge is -2.09. The van der Waals surface area contributed by atoms with Crippen molar-refractivity contribution in [3.63, 3.8) is 0 Å². The lowest BCUT2D eigenvalue weighted by Crippen LogP contribution is -1.94. The Hall–Kier alpha value is -2.06. The zero-order valence-electron chi connectivity index (χ0n) is 10.1. The third-order valence-electron chi connectivity index (χ3n) is 2.47. The Balaban J connectivity index is 2.31. The van der Waals surface area contributed by atoms with Crippen LogP contribution >= 0.6 is 15.9 Å². The van der Waals surface area contributed by atoms with Gasteiger partial charge in [-0.3, -0.25) is 0 Å². The Morgan fingerprint density at radius 1 is 1.21 bits per heavy atom.